The quantitative estimate of drug-likeness (QED) is 0.475. The molecule has 4 rings (SSSR count). The molecule has 1 aliphatic carbocycles. The zero-order chi connectivity index (χ0) is 20.4. The minimum absolute atomic E-state index is 0.181. The number of benzene rings is 1. The highest BCUT2D eigenvalue weighted by Crippen LogP contribution is 2.43. The van der Waals surface area contributed by atoms with Crippen LogP contribution in [-0.4, -0.2) is 18.5 Å². The number of rotatable bonds is 5. The summed E-state index contributed by atoms with van der Waals surface area (Å²) in [5.74, 6) is -0.194. The average molecular weight is 474 g/mol. The lowest BCUT2D eigenvalue weighted by Crippen LogP contribution is -2.16. The molecule has 1 aromatic carbocycles. The minimum atomic E-state index is -0.390. The van der Waals surface area contributed by atoms with E-state index < -0.39 is 0 Å². The lowest BCUT2D eigenvalue weighted by molar-refractivity contribution is 0.0526. The summed E-state index contributed by atoms with van der Waals surface area (Å²) in [6.07, 6.45) is 2.58. The van der Waals surface area contributed by atoms with Gasteiger partial charge in [-0.05, 0) is 71.3 Å². The number of ether oxygens (including phenoxy) is 1. The largest absolute Gasteiger partial charge is 0.462 e. The van der Waals surface area contributed by atoms with Crippen molar-refractivity contribution in [2.45, 2.75) is 32.1 Å². The van der Waals surface area contributed by atoms with Crippen LogP contribution in [0.4, 0.5) is 5.00 Å². The van der Waals surface area contributed by atoms with Crippen molar-refractivity contribution in [3.63, 3.8) is 0 Å². The van der Waals surface area contributed by atoms with Gasteiger partial charge in [-0.3, -0.25) is 4.79 Å². The summed E-state index contributed by atoms with van der Waals surface area (Å²) in [6.45, 7) is 2.06. The molecule has 150 valence electrons. The molecule has 3 aromatic rings. The molecule has 0 fully saturated rings. The number of esters is 1. The minimum Gasteiger partial charge on any atom is -0.462 e. The van der Waals surface area contributed by atoms with E-state index in [4.69, 9.17) is 9.15 Å². The normalized spacial score (nSPS) is 15.6. The summed E-state index contributed by atoms with van der Waals surface area (Å²) in [6, 6.07) is 13.7. The number of furan rings is 1. The second kappa shape index (κ2) is 8.55. The van der Waals surface area contributed by atoms with Gasteiger partial charge in [0.15, 0.2) is 10.4 Å². The predicted octanol–water partition coefficient (Wildman–Crippen LogP) is 5.81. The molecule has 1 amide bonds. The summed E-state index contributed by atoms with van der Waals surface area (Å²) in [5.41, 5.74) is 2.78. The number of nitrogens with one attached hydrogen (secondary N) is 1. The van der Waals surface area contributed by atoms with Crippen molar-refractivity contribution in [3.8, 4) is 0 Å². The Hall–Kier alpha value is -2.38. The molecule has 2 aromatic heterocycles. The maximum Gasteiger partial charge on any atom is 0.341 e. The fraction of sp³-hybridized carbons (Fsp3) is 0.273. The third-order valence-corrected chi connectivity index (χ3v) is 6.64. The Morgan fingerprint density at radius 1 is 1.24 bits per heavy atom. The van der Waals surface area contributed by atoms with Gasteiger partial charge in [0, 0.05) is 4.88 Å². The number of carbonyl (C=O) groups is 2. The number of carbonyl (C=O) groups excluding carboxylic acids is 2. The second-order valence-corrected chi connectivity index (χ2v) is 8.72. The average Bonchev–Trinajstić information content (AvgIpc) is 3.31. The highest BCUT2D eigenvalue weighted by Gasteiger charge is 2.31. The third-order valence-electron chi connectivity index (χ3n) is 5.04. The molecule has 0 saturated carbocycles. The van der Waals surface area contributed by atoms with Crippen LogP contribution >= 0.6 is 27.3 Å². The van der Waals surface area contributed by atoms with Gasteiger partial charge in [-0.1, -0.05) is 30.3 Å². The van der Waals surface area contributed by atoms with Crippen LogP contribution in [0.3, 0.4) is 0 Å². The van der Waals surface area contributed by atoms with Crippen molar-refractivity contribution in [1.29, 1.82) is 0 Å². The summed E-state index contributed by atoms with van der Waals surface area (Å²) in [4.78, 5) is 26.4. The maximum absolute atomic E-state index is 12.7. The Bertz CT molecular complexity index is 1040. The molecule has 0 aliphatic heterocycles. The first-order chi connectivity index (χ1) is 14.1. The molecule has 2 heterocycles. The molecule has 7 heteroatoms. The Balaban J connectivity index is 1.65. The Kier molecular flexibility index (Phi) is 5.87. The van der Waals surface area contributed by atoms with E-state index in [1.807, 2.05) is 6.07 Å². The van der Waals surface area contributed by atoms with Crippen molar-refractivity contribution in [3.05, 3.63) is 74.5 Å². The SMILES string of the molecule is CCOC(=O)c1c(NC(=O)c2ccc(Br)o2)sc2c1CCC(c1ccccc1)C2. The first-order valence-electron chi connectivity index (χ1n) is 9.50. The van der Waals surface area contributed by atoms with Crippen molar-refractivity contribution in [1.82, 2.24) is 0 Å². The van der Waals surface area contributed by atoms with Crippen LogP contribution in [-0.2, 0) is 17.6 Å². The Morgan fingerprint density at radius 2 is 2.03 bits per heavy atom. The number of hydrogen-bond acceptors (Lipinski definition) is 5. The van der Waals surface area contributed by atoms with Crippen LogP contribution < -0.4 is 5.32 Å². The number of thiophene rings is 1. The number of halogens is 1. The zero-order valence-corrected chi connectivity index (χ0v) is 18.3. The van der Waals surface area contributed by atoms with E-state index in [9.17, 15) is 9.59 Å². The first-order valence-corrected chi connectivity index (χ1v) is 11.1. The topological polar surface area (TPSA) is 68.5 Å². The molecule has 0 saturated heterocycles. The Morgan fingerprint density at radius 3 is 2.72 bits per heavy atom. The van der Waals surface area contributed by atoms with E-state index in [2.05, 4.69) is 45.5 Å². The highest BCUT2D eigenvalue weighted by atomic mass is 79.9. The highest BCUT2D eigenvalue weighted by molar-refractivity contribution is 9.10. The van der Waals surface area contributed by atoms with Crippen molar-refractivity contribution in [2.24, 2.45) is 0 Å². The van der Waals surface area contributed by atoms with Gasteiger partial charge >= 0.3 is 5.97 Å². The molecule has 0 radical (unpaired) electrons. The van der Waals surface area contributed by atoms with Gasteiger partial charge < -0.3 is 14.5 Å². The van der Waals surface area contributed by atoms with Crippen molar-refractivity contribution < 1.29 is 18.7 Å². The number of fused-ring (bicyclic) bond motifs is 1. The fourth-order valence-corrected chi connectivity index (χ4v) is 5.32. The Labute approximate surface area is 181 Å². The van der Waals surface area contributed by atoms with Gasteiger partial charge in [-0.25, -0.2) is 4.79 Å². The van der Waals surface area contributed by atoms with E-state index in [-0.39, 0.29) is 24.2 Å². The van der Waals surface area contributed by atoms with Gasteiger partial charge in [-0.15, -0.1) is 11.3 Å². The van der Waals surface area contributed by atoms with Crippen molar-refractivity contribution in [2.75, 3.05) is 11.9 Å². The molecule has 29 heavy (non-hydrogen) atoms. The van der Waals surface area contributed by atoms with Gasteiger partial charge in [0.2, 0.25) is 0 Å². The lowest BCUT2D eigenvalue weighted by Gasteiger charge is -2.23. The number of hydrogen-bond donors (Lipinski definition) is 1. The summed E-state index contributed by atoms with van der Waals surface area (Å²) in [5, 5.41) is 3.38. The molecular weight excluding hydrogens is 454 g/mol. The maximum atomic E-state index is 12.7. The van der Waals surface area contributed by atoms with Crippen LogP contribution in [0.5, 0.6) is 0 Å². The zero-order valence-electron chi connectivity index (χ0n) is 15.9. The molecule has 1 unspecified atom stereocenters. The van der Waals surface area contributed by atoms with Gasteiger partial charge in [-0.2, -0.15) is 0 Å². The third kappa shape index (κ3) is 4.16. The van der Waals surface area contributed by atoms with E-state index in [1.54, 1.807) is 19.1 Å². The van der Waals surface area contributed by atoms with Crippen LogP contribution in [0.25, 0.3) is 0 Å². The van der Waals surface area contributed by atoms with Gasteiger partial charge in [0.1, 0.15) is 5.00 Å². The lowest BCUT2D eigenvalue weighted by atomic mass is 9.83. The smallest absolute Gasteiger partial charge is 0.341 e. The standard InChI is InChI=1S/C22H20BrNO4S/c1-2-27-22(26)19-15-9-8-14(13-6-4-3-5-7-13)12-17(15)29-21(19)24-20(25)16-10-11-18(23)28-16/h3-7,10-11,14H,2,8-9,12H2,1H3,(H,24,25). The predicted molar refractivity (Wildman–Crippen MR) is 116 cm³/mol. The van der Waals surface area contributed by atoms with E-state index in [1.165, 1.54) is 16.9 Å². The van der Waals surface area contributed by atoms with Gasteiger partial charge in [0.25, 0.3) is 5.91 Å². The summed E-state index contributed by atoms with van der Waals surface area (Å²) >= 11 is 4.66. The van der Waals surface area contributed by atoms with Crippen LogP contribution in [0.1, 0.15) is 56.2 Å². The molecule has 1 atom stereocenters. The molecule has 0 bridgehead atoms. The summed E-state index contributed by atoms with van der Waals surface area (Å²) < 4.78 is 11.1. The second-order valence-electron chi connectivity index (χ2n) is 6.84. The van der Waals surface area contributed by atoms with E-state index >= 15 is 0 Å². The number of anilines is 1. The molecule has 5 nitrogen and oxygen atoms in total. The van der Waals surface area contributed by atoms with Crippen LogP contribution in [0.2, 0.25) is 0 Å². The first kappa shape index (κ1) is 19.9. The molecule has 1 N–H and O–H groups in total. The fourth-order valence-electron chi connectivity index (χ4n) is 3.70. The monoisotopic (exact) mass is 473 g/mol. The van der Waals surface area contributed by atoms with Crippen LogP contribution in [0.15, 0.2) is 51.6 Å². The molecular formula is C22H20BrNO4S. The van der Waals surface area contributed by atoms with E-state index in [0.717, 1.165) is 29.7 Å². The summed E-state index contributed by atoms with van der Waals surface area (Å²) in [7, 11) is 0. The molecule has 0 spiro atoms. The molecule has 1 aliphatic rings. The van der Waals surface area contributed by atoms with E-state index in [0.29, 0.717) is 21.2 Å². The number of amides is 1. The van der Waals surface area contributed by atoms with Crippen molar-refractivity contribution >= 4 is 44.1 Å². The van der Waals surface area contributed by atoms with Gasteiger partial charge in [0.05, 0.1) is 12.2 Å². The van der Waals surface area contributed by atoms with Crippen LogP contribution in [0, 0.1) is 0 Å².